The van der Waals surface area contributed by atoms with Crippen molar-refractivity contribution in [3.63, 3.8) is 0 Å². The molecule has 0 radical (unpaired) electrons. The van der Waals surface area contributed by atoms with Gasteiger partial charge >= 0.3 is 0 Å². The van der Waals surface area contributed by atoms with Crippen LogP contribution in [0.25, 0.3) is 0 Å². The fraction of sp³-hybridized carbons (Fsp3) is 0.733. The molecule has 1 aromatic heterocycles. The zero-order valence-corrected chi connectivity index (χ0v) is 13.4. The first-order valence-corrected chi connectivity index (χ1v) is 7.83. The number of nitrogens with one attached hydrogen (secondary N) is 1. The molecule has 0 amide bonds. The van der Waals surface area contributed by atoms with Crippen LogP contribution in [0.5, 0.6) is 0 Å². The first-order chi connectivity index (χ1) is 9.42. The summed E-state index contributed by atoms with van der Waals surface area (Å²) in [6.45, 7) is 7.36. The molecule has 3 N–H and O–H groups in total. The van der Waals surface area contributed by atoms with Gasteiger partial charge in [-0.05, 0) is 49.1 Å². The van der Waals surface area contributed by atoms with Crippen LogP contribution in [0, 0.1) is 18.3 Å². The van der Waals surface area contributed by atoms with E-state index in [9.17, 15) is 0 Å². The second-order valence-electron chi connectivity index (χ2n) is 6.50. The van der Waals surface area contributed by atoms with E-state index in [1.807, 2.05) is 6.92 Å². The van der Waals surface area contributed by atoms with Crippen LogP contribution < -0.4 is 11.1 Å². The van der Waals surface area contributed by atoms with E-state index < -0.39 is 0 Å². The summed E-state index contributed by atoms with van der Waals surface area (Å²) in [5, 5.41) is 3.68. The highest BCUT2D eigenvalue weighted by atomic mass is 35.5. The lowest BCUT2D eigenvalue weighted by Crippen LogP contribution is -2.29. The number of anilines is 2. The second-order valence-corrected chi connectivity index (χ2v) is 6.84. The van der Waals surface area contributed by atoms with Gasteiger partial charge in [0.1, 0.15) is 0 Å². The van der Waals surface area contributed by atoms with Crippen LogP contribution in [-0.4, -0.2) is 16.5 Å². The van der Waals surface area contributed by atoms with E-state index in [0.29, 0.717) is 22.8 Å². The van der Waals surface area contributed by atoms with Gasteiger partial charge in [0, 0.05) is 6.54 Å². The van der Waals surface area contributed by atoms with E-state index in [2.05, 4.69) is 29.1 Å². The third-order valence-corrected chi connectivity index (χ3v) is 4.41. The zero-order valence-electron chi connectivity index (χ0n) is 12.7. The highest BCUT2D eigenvalue weighted by Crippen LogP contribution is 2.43. The second kappa shape index (κ2) is 6.17. The van der Waals surface area contributed by atoms with Crippen LogP contribution in [0.4, 0.5) is 11.5 Å². The molecule has 1 aromatic rings. The predicted octanol–water partition coefficient (Wildman–Crippen LogP) is 4.04. The van der Waals surface area contributed by atoms with Gasteiger partial charge in [-0.2, -0.15) is 4.98 Å². The lowest BCUT2D eigenvalue weighted by Gasteiger charge is -2.31. The number of aryl methyl sites for hydroxylation is 1. The molecule has 20 heavy (non-hydrogen) atoms. The number of aromatic nitrogens is 2. The summed E-state index contributed by atoms with van der Waals surface area (Å²) < 4.78 is 0. The first kappa shape index (κ1) is 15.4. The Kier molecular flexibility index (Phi) is 4.74. The highest BCUT2D eigenvalue weighted by molar-refractivity contribution is 6.28. The monoisotopic (exact) mass is 296 g/mol. The molecule has 0 unspecified atom stereocenters. The molecule has 1 saturated carbocycles. The van der Waals surface area contributed by atoms with E-state index in [4.69, 9.17) is 17.3 Å². The van der Waals surface area contributed by atoms with Crippen molar-refractivity contribution in [1.29, 1.82) is 0 Å². The van der Waals surface area contributed by atoms with Crippen molar-refractivity contribution < 1.29 is 0 Å². The number of halogens is 1. The van der Waals surface area contributed by atoms with E-state index in [0.717, 1.165) is 12.2 Å². The van der Waals surface area contributed by atoms with Crippen molar-refractivity contribution in [1.82, 2.24) is 9.97 Å². The maximum Gasteiger partial charge on any atom is 0.224 e. The molecule has 1 aliphatic carbocycles. The van der Waals surface area contributed by atoms with Gasteiger partial charge in [-0.3, -0.25) is 0 Å². The van der Waals surface area contributed by atoms with Gasteiger partial charge in [-0.25, -0.2) is 4.98 Å². The van der Waals surface area contributed by atoms with Crippen molar-refractivity contribution in [2.45, 2.75) is 52.9 Å². The van der Waals surface area contributed by atoms with Crippen molar-refractivity contribution in [3.05, 3.63) is 11.0 Å². The Morgan fingerprint density at radius 2 is 1.95 bits per heavy atom. The Morgan fingerprint density at radius 3 is 2.55 bits per heavy atom. The smallest absolute Gasteiger partial charge is 0.224 e. The molecule has 0 aromatic carbocycles. The van der Waals surface area contributed by atoms with Crippen LogP contribution in [-0.2, 0) is 0 Å². The predicted molar refractivity (Wildman–Crippen MR) is 85.0 cm³/mol. The van der Waals surface area contributed by atoms with Crippen molar-refractivity contribution in [2.75, 3.05) is 17.6 Å². The van der Waals surface area contributed by atoms with E-state index in [1.54, 1.807) is 0 Å². The summed E-state index contributed by atoms with van der Waals surface area (Å²) in [4.78, 5) is 8.29. The normalized spacial score (nSPS) is 17.6. The molecule has 1 heterocycles. The van der Waals surface area contributed by atoms with Crippen molar-refractivity contribution in [2.24, 2.45) is 11.3 Å². The lowest BCUT2D eigenvalue weighted by molar-refractivity contribution is 0.252. The summed E-state index contributed by atoms with van der Waals surface area (Å²) >= 11 is 5.92. The Bertz CT molecular complexity index is 467. The summed E-state index contributed by atoms with van der Waals surface area (Å²) in [5.41, 5.74) is 7.75. The van der Waals surface area contributed by atoms with E-state index >= 15 is 0 Å². The number of nitrogens with two attached hydrogens (primary N) is 1. The van der Waals surface area contributed by atoms with Crippen LogP contribution in [0.2, 0.25) is 5.28 Å². The summed E-state index contributed by atoms with van der Waals surface area (Å²) in [7, 11) is 0. The number of rotatable bonds is 5. The number of nitrogen functional groups attached to an aromatic ring is 1. The molecule has 1 fully saturated rings. The molecule has 1 aliphatic rings. The molecular formula is C15H25ClN4. The summed E-state index contributed by atoms with van der Waals surface area (Å²) in [6.07, 6.45) is 6.48. The average molecular weight is 297 g/mol. The molecule has 0 saturated heterocycles. The minimum Gasteiger partial charge on any atom is -0.394 e. The van der Waals surface area contributed by atoms with Gasteiger partial charge in [0.25, 0.3) is 0 Å². The summed E-state index contributed by atoms with van der Waals surface area (Å²) in [5.74, 6) is 1.39. The Hall–Kier alpha value is -1.03. The maximum absolute atomic E-state index is 6.03. The Labute approximate surface area is 126 Å². The first-order valence-electron chi connectivity index (χ1n) is 7.45. The Balaban J connectivity index is 2.10. The molecule has 2 rings (SSSR count). The molecule has 0 aliphatic heterocycles. The van der Waals surface area contributed by atoms with Gasteiger partial charge in [0.15, 0.2) is 5.82 Å². The van der Waals surface area contributed by atoms with E-state index in [1.165, 1.54) is 32.1 Å². The number of hydrogen-bond acceptors (Lipinski definition) is 4. The van der Waals surface area contributed by atoms with Crippen LogP contribution in [0.3, 0.4) is 0 Å². The quantitative estimate of drug-likeness (QED) is 0.805. The van der Waals surface area contributed by atoms with E-state index in [-0.39, 0.29) is 5.28 Å². The van der Waals surface area contributed by atoms with Crippen LogP contribution in [0.15, 0.2) is 0 Å². The SMILES string of the molecule is Cc1nc(Cl)nc(NCC2(CC(C)C)CCCC2)c1N. The standard InChI is InChI=1S/C15H25ClN4/c1-10(2)8-15(6-4-5-7-15)9-18-13-12(17)11(3)19-14(16)20-13/h10H,4-9,17H2,1-3H3,(H,18,19,20). The zero-order chi connectivity index (χ0) is 14.8. The fourth-order valence-electron chi connectivity index (χ4n) is 3.40. The molecular weight excluding hydrogens is 272 g/mol. The van der Waals surface area contributed by atoms with Gasteiger partial charge in [0.05, 0.1) is 11.4 Å². The number of hydrogen-bond donors (Lipinski definition) is 2. The van der Waals surface area contributed by atoms with Crippen LogP contribution in [0.1, 0.15) is 51.6 Å². The van der Waals surface area contributed by atoms with Crippen molar-refractivity contribution in [3.8, 4) is 0 Å². The minimum absolute atomic E-state index is 0.253. The maximum atomic E-state index is 6.03. The van der Waals surface area contributed by atoms with Gasteiger partial charge < -0.3 is 11.1 Å². The average Bonchev–Trinajstić information content (AvgIpc) is 2.80. The Morgan fingerprint density at radius 1 is 1.30 bits per heavy atom. The third-order valence-electron chi connectivity index (χ3n) is 4.25. The molecule has 0 bridgehead atoms. The van der Waals surface area contributed by atoms with Gasteiger partial charge in [-0.1, -0.05) is 26.7 Å². The molecule has 112 valence electrons. The molecule has 5 heteroatoms. The molecule has 0 spiro atoms. The summed E-state index contributed by atoms with van der Waals surface area (Å²) in [6, 6.07) is 0. The number of nitrogens with zero attached hydrogens (tertiary/aromatic N) is 2. The highest BCUT2D eigenvalue weighted by Gasteiger charge is 2.34. The molecule has 4 nitrogen and oxygen atoms in total. The van der Waals surface area contributed by atoms with Crippen LogP contribution >= 0.6 is 11.6 Å². The molecule has 0 atom stereocenters. The largest absolute Gasteiger partial charge is 0.394 e. The fourth-order valence-corrected chi connectivity index (χ4v) is 3.61. The van der Waals surface area contributed by atoms with Crippen molar-refractivity contribution >= 4 is 23.1 Å². The lowest BCUT2D eigenvalue weighted by atomic mass is 9.78. The topological polar surface area (TPSA) is 63.8 Å². The van der Waals surface area contributed by atoms with Gasteiger partial charge in [0.2, 0.25) is 5.28 Å². The third kappa shape index (κ3) is 3.54. The minimum atomic E-state index is 0.253. The van der Waals surface area contributed by atoms with Gasteiger partial charge in [-0.15, -0.1) is 0 Å².